The highest BCUT2D eigenvalue weighted by Gasteiger charge is 2.35. The number of likely N-dealkylation sites (tertiary alicyclic amines) is 1. The summed E-state index contributed by atoms with van der Waals surface area (Å²) in [6.45, 7) is 3.16. The summed E-state index contributed by atoms with van der Waals surface area (Å²) in [5.74, 6) is 0.446. The largest absolute Gasteiger partial charge is 0.380 e. The second kappa shape index (κ2) is 8.16. The van der Waals surface area contributed by atoms with Gasteiger partial charge in [-0.1, -0.05) is 11.2 Å². The van der Waals surface area contributed by atoms with E-state index in [1.165, 1.54) is 11.3 Å². The maximum atomic E-state index is 13.1. The SMILES string of the molecule is COCc1c(C(=O)N2CC[C@H](c3c(C(=O)N(C)C)sc4ncccc34)C2)noc1C. The topological polar surface area (TPSA) is 88.8 Å². The molecule has 1 saturated heterocycles. The molecule has 0 radical (unpaired) electrons. The van der Waals surface area contributed by atoms with E-state index in [-0.39, 0.29) is 24.3 Å². The second-order valence-electron chi connectivity index (χ2n) is 7.64. The molecule has 0 bridgehead atoms. The first kappa shape index (κ1) is 20.5. The third-order valence-electron chi connectivity index (χ3n) is 5.46. The Kier molecular flexibility index (Phi) is 5.57. The number of carbonyl (C=O) groups excluding carboxylic acids is 2. The zero-order valence-corrected chi connectivity index (χ0v) is 18.3. The third kappa shape index (κ3) is 3.48. The molecule has 1 fully saturated rings. The zero-order valence-electron chi connectivity index (χ0n) is 17.5. The number of nitrogens with zero attached hydrogens (tertiary/aromatic N) is 4. The van der Waals surface area contributed by atoms with Crippen LogP contribution in [0.25, 0.3) is 10.2 Å². The molecule has 4 heterocycles. The number of thiophene rings is 1. The van der Waals surface area contributed by atoms with Gasteiger partial charge >= 0.3 is 0 Å². The fourth-order valence-electron chi connectivity index (χ4n) is 3.92. The molecule has 30 heavy (non-hydrogen) atoms. The van der Waals surface area contributed by atoms with Crippen LogP contribution in [-0.2, 0) is 11.3 Å². The number of ether oxygens (including phenoxy) is 1. The molecule has 1 aliphatic rings. The Morgan fingerprint density at radius 2 is 2.20 bits per heavy atom. The van der Waals surface area contributed by atoms with E-state index in [1.54, 1.807) is 44.1 Å². The molecule has 8 nitrogen and oxygen atoms in total. The molecule has 0 saturated carbocycles. The minimum atomic E-state index is -0.167. The van der Waals surface area contributed by atoms with Crippen LogP contribution in [0.5, 0.6) is 0 Å². The standard InChI is InChI=1S/C21H24N4O4S/c1-12-15(11-28-4)17(23-29-12)20(26)25-9-7-13(10-25)16-14-6-5-8-22-19(14)30-18(16)21(27)24(2)3/h5-6,8,13H,7,9-11H2,1-4H3/t13-/m0/s1. The van der Waals surface area contributed by atoms with Crippen LogP contribution in [0.15, 0.2) is 22.9 Å². The summed E-state index contributed by atoms with van der Waals surface area (Å²) in [6, 6.07) is 3.89. The van der Waals surface area contributed by atoms with Crippen LogP contribution >= 0.6 is 11.3 Å². The lowest BCUT2D eigenvalue weighted by Gasteiger charge is -2.17. The van der Waals surface area contributed by atoms with Gasteiger partial charge < -0.3 is 19.1 Å². The van der Waals surface area contributed by atoms with Gasteiger partial charge in [0.1, 0.15) is 10.6 Å². The van der Waals surface area contributed by atoms with Crippen molar-refractivity contribution in [3.05, 3.63) is 45.8 Å². The molecule has 4 rings (SSSR count). The normalized spacial score (nSPS) is 16.4. The van der Waals surface area contributed by atoms with Crippen molar-refractivity contribution < 1.29 is 18.8 Å². The van der Waals surface area contributed by atoms with E-state index in [0.717, 1.165) is 22.2 Å². The molecular formula is C21H24N4O4S. The minimum absolute atomic E-state index is 0.0349. The highest BCUT2D eigenvalue weighted by Crippen LogP contribution is 2.40. The van der Waals surface area contributed by atoms with Gasteiger partial charge in [-0.15, -0.1) is 11.3 Å². The zero-order chi connectivity index (χ0) is 21.4. The van der Waals surface area contributed by atoms with Crippen LogP contribution in [0.3, 0.4) is 0 Å². The van der Waals surface area contributed by atoms with Crippen LogP contribution in [0, 0.1) is 6.92 Å². The fraction of sp³-hybridized carbons (Fsp3) is 0.429. The summed E-state index contributed by atoms with van der Waals surface area (Å²) in [5.41, 5.74) is 1.97. The van der Waals surface area contributed by atoms with Gasteiger partial charge in [0.2, 0.25) is 0 Å². The van der Waals surface area contributed by atoms with Gasteiger partial charge in [0.05, 0.1) is 17.0 Å². The number of carbonyl (C=O) groups is 2. The highest BCUT2D eigenvalue weighted by atomic mass is 32.1. The summed E-state index contributed by atoms with van der Waals surface area (Å²) in [7, 11) is 5.07. The Morgan fingerprint density at radius 3 is 2.93 bits per heavy atom. The molecule has 3 aromatic rings. The van der Waals surface area contributed by atoms with Gasteiger partial charge in [0, 0.05) is 51.8 Å². The van der Waals surface area contributed by atoms with Crippen LogP contribution in [-0.4, -0.2) is 66.0 Å². The quantitative estimate of drug-likeness (QED) is 0.621. The fourth-order valence-corrected chi connectivity index (χ4v) is 5.17. The van der Waals surface area contributed by atoms with Crippen molar-refractivity contribution in [3.63, 3.8) is 0 Å². The number of pyridine rings is 1. The van der Waals surface area contributed by atoms with Crippen LogP contribution < -0.4 is 0 Å². The number of hydrogen-bond donors (Lipinski definition) is 0. The number of aryl methyl sites for hydroxylation is 1. The lowest BCUT2D eigenvalue weighted by molar-refractivity contribution is 0.0776. The van der Waals surface area contributed by atoms with Crippen molar-refractivity contribution in [2.45, 2.75) is 25.9 Å². The Labute approximate surface area is 178 Å². The first-order chi connectivity index (χ1) is 14.4. The van der Waals surface area contributed by atoms with E-state index in [9.17, 15) is 9.59 Å². The number of amides is 2. The molecule has 2 amide bonds. The average Bonchev–Trinajstić information content (AvgIpc) is 3.44. The lowest BCUT2D eigenvalue weighted by atomic mass is 9.95. The van der Waals surface area contributed by atoms with Crippen molar-refractivity contribution in [3.8, 4) is 0 Å². The third-order valence-corrected chi connectivity index (χ3v) is 6.58. The van der Waals surface area contributed by atoms with Crippen LogP contribution in [0.2, 0.25) is 0 Å². The minimum Gasteiger partial charge on any atom is -0.380 e. The lowest BCUT2D eigenvalue weighted by Crippen LogP contribution is -2.30. The van der Waals surface area contributed by atoms with E-state index >= 15 is 0 Å². The molecule has 3 aromatic heterocycles. The first-order valence-electron chi connectivity index (χ1n) is 9.74. The monoisotopic (exact) mass is 428 g/mol. The molecule has 1 aliphatic heterocycles. The molecule has 0 unspecified atom stereocenters. The van der Waals surface area contributed by atoms with Crippen LogP contribution in [0.1, 0.15) is 49.4 Å². The molecule has 1 atom stereocenters. The smallest absolute Gasteiger partial charge is 0.276 e. The summed E-state index contributed by atoms with van der Waals surface area (Å²) in [4.78, 5) is 35.3. The molecule has 9 heteroatoms. The summed E-state index contributed by atoms with van der Waals surface area (Å²) >= 11 is 1.42. The number of hydrogen-bond acceptors (Lipinski definition) is 7. The Balaban J connectivity index is 1.65. The maximum absolute atomic E-state index is 13.1. The van der Waals surface area contributed by atoms with E-state index in [4.69, 9.17) is 9.26 Å². The Bertz CT molecular complexity index is 1100. The second-order valence-corrected chi connectivity index (χ2v) is 8.64. The number of fused-ring (bicyclic) bond motifs is 1. The van der Waals surface area contributed by atoms with Crippen molar-refractivity contribution >= 4 is 33.4 Å². The molecule has 0 spiro atoms. The van der Waals surface area contributed by atoms with Gasteiger partial charge in [-0.3, -0.25) is 9.59 Å². The molecule has 0 aliphatic carbocycles. The van der Waals surface area contributed by atoms with Gasteiger partial charge in [0.25, 0.3) is 11.8 Å². The van der Waals surface area contributed by atoms with Gasteiger partial charge in [-0.05, 0) is 25.0 Å². The highest BCUT2D eigenvalue weighted by molar-refractivity contribution is 7.20. The summed E-state index contributed by atoms with van der Waals surface area (Å²) < 4.78 is 10.4. The van der Waals surface area contributed by atoms with Crippen molar-refractivity contribution in [1.82, 2.24) is 19.9 Å². The predicted octanol–water partition coefficient (Wildman–Crippen LogP) is 3.07. The average molecular weight is 429 g/mol. The van der Waals surface area contributed by atoms with Crippen molar-refractivity contribution in [2.24, 2.45) is 0 Å². The first-order valence-corrected chi connectivity index (χ1v) is 10.6. The Hall–Kier alpha value is -2.78. The van der Waals surface area contributed by atoms with Crippen LogP contribution in [0.4, 0.5) is 0 Å². The number of methoxy groups -OCH3 is 1. The molecule has 0 N–H and O–H groups in total. The summed E-state index contributed by atoms with van der Waals surface area (Å²) in [6.07, 6.45) is 2.51. The molecular weight excluding hydrogens is 404 g/mol. The predicted molar refractivity (Wildman–Crippen MR) is 113 cm³/mol. The molecule has 0 aromatic carbocycles. The van der Waals surface area contributed by atoms with E-state index < -0.39 is 0 Å². The van der Waals surface area contributed by atoms with E-state index in [0.29, 0.717) is 35.0 Å². The molecule has 158 valence electrons. The van der Waals surface area contributed by atoms with E-state index in [1.807, 2.05) is 12.1 Å². The van der Waals surface area contributed by atoms with Gasteiger partial charge in [-0.25, -0.2) is 4.98 Å². The number of rotatable bonds is 5. The summed E-state index contributed by atoms with van der Waals surface area (Å²) in [5, 5.41) is 4.96. The van der Waals surface area contributed by atoms with Crippen molar-refractivity contribution in [1.29, 1.82) is 0 Å². The van der Waals surface area contributed by atoms with E-state index in [2.05, 4.69) is 10.1 Å². The Morgan fingerprint density at radius 1 is 1.40 bits per heavy atom. The van der Waals surface area contributed by atoms with Gasteiger partial charge in [-0.2, -0.15) is 0 Å². The van der Waals surface area contributed by atoms with Gasteiger partial charge in [0.15, 0.2) is 5.69 Å². The van der Waals surface area contributed by atoms with Crippen molar-refractivity contribution in [2.75, 3.05) is 34.3 Å². The number of aromatic nitrogens is 2. The maximum Gasteiger partial charge on any atom is 0.276 e.